The summed E-state index contributed by atoms with van der Waals surface area (Å²) in [7, 11) is 0. The number of nitrogens with zero attached hydrogens (tertiary/aromatic N) is 1. The van der Waals surface area contributed by atoms with Gasteiger partial charge in [0.25, 0.3) is 0 Å². The number of hydrogen-bond acceptors (Lipinski definition) is 2. The average Bonchev–Trinajstić information content (AvgIpc) is 3.65. The molecule has 10 aromatic carbocycles. The van der Waals surface area contributed by atoms with E-state index in [0.29, 0.717) is 0 Å². The molecule has 0 radical (unpaired) electrons. The third kappa shape index (κ3) is 4.80. The van der Waals surface area contributed by atoms with Crippen LogP contribution in [0.1, 0.15) is 0 Å². The van der Waals surface area contributed by atoms with E-state index < -0.39 is 0 Å². The van der Waals surface area contributed by atoms with Gasteiger partial charge in [0.2, 0.25) is 0 Å². The molecule has 1 aliphatic rings. The lowest BCUT2D eigenvalue weighted by atomic mass is 9.77. The maximum absolute atomic E-state index is 2.54. The van der Waals surface area contributed by atoms with Crippen molar-refractivity contribution in [3.05, 3.63) is 200 Å². The van der Waals surface area contributed by atoms with Gasteiger partial charge in [-0.2, -0.15) is 0 Å². The van der Waals surface area contributed by atoms with Gasteiger partial charge in [-0.1, -0.05) is 140 Å². The molecule has 0 amide bonds. The molecule has 0 saturated carbocycles. The van der Waals surface area contributed by atoms with Crippen LogP contribution in [0.25, 0.3) is 97.0 Å². The van der Waals surface area contributed by atoms with Gasteiger partial charge < -0.3 is 4.90 Å². The third-order valence-corrected chi connectivity index (χ3v) is 12.9. The number of benzene rings is 10. The lowest BCUT2D eigenvalue weighted by Crippen LogP contribution is -2.12. The van der Waals surface area contributed by atoms with Crippen LogP contribution in [0.3, 0.4) is 0 Å². The fourth-order valence-electron chi connectivity index (χ4n) is 9.03. The number of thiophene rings is 1. The molecule has 0 bridgehead atoms. The zero-order valence-corrected chi connectivity index (χ0v) is 31.2. The molecule has 0 fully saturated rings. The number of anilines is 3. The van der Waals surface area contributed by atoms with Crippen LogP contribution in [0.5, 0.6) is 0 Å². The summed E-state index contributed by atoms with van der Waals surface area (Å²) in [6.45, 7) is 0. The highest BCUT2D eigenvalue weighted by Crippen LogP contribution is 2.53. The molecule has 0 saturated heterocycles. The van der Waals surface area contributed by atoms with Crippen LogP contribution in [0.4, 0.5) is 17.1 Å². The minimum Gasteiger partial charge on any atom is -0.309 e. The minimum absolute atomic E-state index is 1.14. The molecule has 1 heterocycles. The Balaban J connectivity index is 1.09. The average molecular weight is 728 g/mol. The van der Waals surface area contributed by atoms with Crippen LogP contribution in [-0.2, 0) is 0 Å². The monoisotopic (exact) mass is 727 g/mol. The van der Waals surface area contributed by atoms with Gasteiger partial charge in [-0.25, -0.2) is 0 Å². The second kappa shape index (κ2) is 12.3. The van der Waals surface area contributed by atoms with Crippen LogP contribution >= 0.6 is 11.3 Å². The Kier molecular flexibility index (Phi) is 6.87. The predicted molar refractivity (Wildman–Crippen MR) is 242 cm³/mol. The predicted octanol–water partition coefficient (Wildman–Crippen LogP) is 16.0. The Morgan fingerprint density at radius 3 is 1.70 bits per heavy atom. The Morgan fingerprint density at radius 1 is 0.321 bits per heavy atom. The van der Waals surface area contributed by atoms with Gasteiger partial charge in [0, 0.05) is 36.8 Å². The highest BCUT2D eigenvalue weighted by Gasteiger charge is 2.27. The van der Waals surface area contributed by atoms with Crippen LogP contribution in [0.2, 0.25) is 0 Å². The molecule has 260 valence electrons. The summed E-state index contributed by atoms with van der Waals surface area (Å²) in [5, 5.41) is 10.0. The molecule has 56 heavy (non-hydrogen) atoms. The van der Waals surface area contributed by atoms with Gasteiger partial charge in [0.1, 0.15) is 0 Å². The fraction of sp³-hybridized carbons (Fsp3) is 0. The van der Waals surface area contributed by atoms with E-state index in [4.69, 9.17) is 0 Å². The van der Waals surface area contributed by atoms with E-state index in [1.54, 1.807) is 0 Å². The van der Waals surface area contributed by atoms with Crippen molar-refractivity contribution in [2.24, 2.45) is 0 Å². The van der Waals surface area contributed by atoms with Crippen molar-refractivity contribution in [3.63, 3.8) is 0 Å². The maximum atomic E-state index is 2.54. The topological polar surface area (TPSA) is 3.24 Å². The molecule has 12 rings (SSSR count). The van der Waals surface area contributed by atoms with Gasteiger partial charge in [-0.05, 0) is 127 Å². The standard InChI is InChI=1S/C54H33NS/c1-3-12-34(13-4-1)37-22-23-38-30-46-47-31-39-24-25-42(29-41(39)33-49(47)48(46)32-40(38)28-37)55(50-20-11-17-35-16-7-8-18-43(35)50)54-44(36-14-5-2-6-15-36)26-27-52-53(54)45-19-9-10-21-51(45)56-52/h1-33H. The molecule has 1 aliphatic carbocycles. The van der Waals surface area contributed by atoms with Gasteiger partial charge in [-0.3, -0.25) is 0 Å². The third-order valence-electron chi connectivity index (χ3n) is 11.7. The van der Waals surface area contributed by atoms with Gasteiger partial charge in [-0.15, -0.1) is 11.3 Å². The molecule has 0 spiro atoms. The molecular formula is C54H33NS. The quantitative estimate of drug-likeness (QED) is 0.171. The smallest absolute Gasteiger partial charge is 0.0633 e. The lowest BCUT2D eigenvalue weighted by molar-refractivity contribution is 1.32. The van der Waals surface area contributed by atoms with E-state index in [0.717, 1.165) is 11.4 Å². The van der Waals surface area contributed by atoms with Crippen LogP contribution in [0, 0.1) is 0 Å². The SMILES string of the molecule is c1ccc(-c2ccc3cc4c(cc3c2)-c2cc3cc(N(c5cccc6ccccc56)c5c(-c6ccccc6)ccc6sc7ccccc7c56)ccc3cc2-4)cc1. The fourth-order valence-corrected chi connectivity index (χ4v) is 10.1. The van der Waals surface area contributed by atoms with Crippen molar-refractivity contribution in [3.8, 4) is 44.5 Å². The second-order valence-electron chi connectivity index (χ2n) is 14.9. The summed E-state index contributed by atoms with van der Waals surface area (Å²) in [6.07, 6.45) is 0. The number of hydrogen-bond donors (Lipinski definition) is 0. The maximum Gasteiger partial charge on any atom is 0.0633 e. The van der Waals surface area contributed by atoms with E-state index in [1.807, 2.05) is 11.3 Å². The summed E-state index contributed by atoms with van der Waals surface area (Å²) in [5.74, 6) is 0. The summed E-state index contributed by atoms with van der Waals surface area (Å²) >= 11 is 1.87. The zero-order chi connectivity index (χ0) is 36.7. The minimum atomic E-state index is 1.14. The van der Waals surface area contributed by atoms with Crippen molar-refractivity contribution >= 4 is 80.9 Å². The van der Waals surface area contributed by atoms with Gasteiger partial charge in [0.15, 0.2) is 0 Å². The molecule has 1 nitrogen and oxygen atoms in total. The van der Waals surface area contributed by atoms with Crippen molar-refractivity contribution in [2.75, 3.05) is 4.90 Å². The van der Waals surface area contributed by atoms with E-state index in [-0.39, 0.29) is 0 Å². The Labute approximate surface area is 329 Å². The highest BCUT2D eigenvalue weighted by atomic mass is 32.1. The Morgan fingerprint density at radius 2 is 0.929 bits per heavy atom. The molecular weight excluding hydrogens is 695 g/mol. The highest BCUT2D eigenvalue weighted by molar-refractivity contribution is 7.26. The molecule has 0 aliphatic heterocycles. The summed E-state index contributed by atoms with van der Waals surface area (Å²) < 4.78 is 2.58. The number of fused-ring (bicyclic) bond motifs is 10. The van der Waals surface area contributed by atoms with Crippen LogP contribution in [0.15, 0.2) is 200 Å². The van der Waals surface area contributed by atoms with E-state index in [2.05, 4.69) is 205 Å². The zero-order valence-electron chi connectivity index (χ0n) is 30.4. The molecule has 2 heteroatoms. The molecule has 0 N–H and O–H groups in total. The molecule has 0 atom stereocenters. The molecule has 1 aromatic heterocycles. The van der Waals surface area contributed by atoms with Crippen molar-refractivity contribution in [2.45, 2.75) is 0 Å². The van der Waals surface area contributed by atoms with Crippen molar-refractivity contribution in [1.29, 1.82) is 0 Å². The van der Waals surface area contributed by atoms with E-state index in [1.165, 1.54) is 103 Å². The van der Waals surface area contributed by atoms with Crippen molar-refractivity contribution < 1.29 is 0 Å². The first kappa shape index (κ1) is 31.4. The largest absolute Gasteiger partial charge is 0.309 e. The molecule has 11 aromatic rings. The van der Waals surface area contributed by atoms with Crippen LogP contribution in [-0.4, -0.2) is 0 Å². The Hall–Kier alpha value is -7.00. The second-order valence-corrected chi connectivity index (χ2v) is 16.0. The summed E-state index contributed by atoms with van der Waals surface area (Å²) in [5.41, 5.74) is 13.7. The summed E-state index contributed by atoms with van der Waals surface area (Å²) in [6, 6.07) is 74.1. The lowest BCUT2D eigenvalue weighted by Gasteiger charge is -2.31. The first-order valence-corrected chi connectivity index (χ1v) is 20.1. The Bertz CT molecular complexity index is 3350. The molecule has 0 unspecified atom stereocenters. The van der Waals surface area contributed by atoms with Gasteiger partial charge >= 0.3 is 0 Å². The van der Waals surface area contributed by atoms with Gasteiger partial charge in [0.05, 0.1) is 11.4 Å². The first-order valence-electron chi connectivity index (χ1n) is 19.2. The number of rotatable bonds is 5. The van der Waals surface area contributed by atoms with Crippen molar-refractivity contribution in [1.82, 2.24) is 0 Å². The first-order chi connectivity index (χ1) is 27.7. The van der Waals surface area contributed by atoms with Crippen LogP contribution < -0.4 is 4.90 Å². The van der Waals surface area contributed by atoms with E-state index >= 15 is 0 Å². The normalized spacial score (nSPS) is 11.9. The van der Waals surface area contributed by atoms with E-state index in [9.17, 15) is 0 Å². The summed E-state index contributed by atoms with van der Waals surface area (Å²) in [4.78, 5) is 2.54.